The van der Waals surface area contributed by atoms with Crippen molar-refractivity contribution in [3.63, 3.8) is 0 Å². The van der Waals surface area contributed by atoms with Crippen LogP contribution in [0.1, 0.15) is 11.7 Å². The molecule has 0 spiro atoms. The van der Waals surface area contributed by atoms with Gasteiger partial charge >= 0.3 is 0 Å². The number of halogens is 4. The molecule has 84 valence electrons. The minimum atomic E-state index is -1.43. The van der Waals surface area contributed by atoms with Crippen molar-refractivity contribution >= 4 is 15.9 Å². The maximum atomic E-state index is 13.4. The fourth-order valence-electron chi connectivity index (χ4n) is 1.18. The topological polar surface area (TPSA) is 32.3 Å². The van der Waals surface area contributed by atoms with E-state index in [-0.39, 0.29) is 11.0 Å². The van der Waals surface area contributed by atoms with Gasteiger partial charge in [0, 0.05) is 6.54 Å². The van der Waals surface area contributed by atoms with Crippen LogP contribution in [0.15, 0.2) is 10.5 Å². The molecule has 1 unspecified atom stereocenters. The van der Waals surface area contributed by atoms with Crippen LogP contribution in [0.5, 0.6) is 0 Å². The van der Waals surface area contributed by atoms with Gasteiger partial charge in [0.25, 0.3) is 0 Å². The van der Waals surface area contributed by atoms with Crippen LogP contribution in [-0.4, -0.2) is 18.7 Å². The van der Waals surface area contributed by atoms with Crippen molar-refractivity contribution in [3.8, 4) is 0 Å². The normalized spacial score (nSPS) is 12.9. The van der Waals surface area contributed by atoms with Crippen LogP contribution in [0.2, 0.25) is 0 Å². The number of hydrogen-bond donors (Lipinski definition) is 2. The first-order valence-electron chi connectivity index (χ1n) is 4.14. The molecule has 6 heteroatoms. The lowest BCUT2D eigenvalue weighted by Gasteiger charge is -2.13. The summed E-state index contributed by atoms with van der Waals surface area (Å²) in [5.74, 6) is -3.55. The standard InChI is InChI=1S/C9H9BrF3NO/c1-14-3-6(15)7-8(12)4(10)2-5(11)9(7)13/h2,6,14-15H,3H2,1H3. The van der Waals surface area contributed by atoms with Gasteiger partial charge in [0.15, 0.2) is 11.6 Å². The molecule has 1 aromatic rings. The number of nitrogens with one attached hydrogen (secondary N) is 1. The predicted octanol–water partition coefficient (Wildman–Crippen LogP) is 2.12. The molecule has 1 aromatic carbocycles. The van der Waals surface area contributed by atoms with E-state index in [2.05, 4.69) is 21.2 Å². The van der Waals surface area contributed by atoms with Gasteiger partial charge in [0.1, 0.15) is 5.82 Å². The first kappa shape index (κ1) is 12.5. The Kier molecular flexibility index (Phi) is 4.12. The Morgan fingerprint density at radius 3 is 2.53 bits per heavy atom. The van der Waals surface area contributed by atoms with Crippen LogP contribution < -0.4 is 5.32 Å². The van der Waals surface area contributed by atoms with Crippen molar-refractivity contribution < 1.29 is 18.3 Å². The third-order valence-electron chi connectivity index (χ3n) is 1.88. The molecule has 1 atom stereocenters. The van der Waals surface area contributed by atoms with Crippen LogP contribution in [0.25, 0.3) is 0 Å². The van der Waals surface area contributed by atoms with Crippen molar-refractivity contribution in [1.29, 1.82) is 0 Å². The lowest BCUT2D eigenvalue weighted by atomic mass is 10.1. The molecule has 0 aromatic heterocycles. The molecule has 0 saturated heterocycles. The van der Waals surface area contributed by atoms with E-state index in [4.69, 9.17) is 0 Å². The first-order valence-corrected chi connectivity index (χ1v) is 4.93. The average molecular weight is 284 g/mol. The highest BCUT2D eigenvalue weighted by molar-refractivity contribution is 9.10. The van der Waals surface area contributed by atoms with Gasteiger partial charge in [-0.1, -0.05) is 0 Å². The van der Waals surface area contributed by atoms with E-state index < -0.39 is 29.1 Å². The Bertz CT molecular complexity index is 347. The summed E-state index contributed by atoms with van der Waals surface area (Å²) in [6.07, 6.45) is -1.43. The molecule has 1 rings (SSSR count). The van der Waals surface area contributed by atoms with Crippen molar-refractivity contribution in [2.45, 2.75) is 6.10 Å². The number of aliphatic hydroxyl groups is 1. The van der Waals surface area contributed by atoms with Crippen molar-refractivity contribution in [2.24, 2.45) is 0 Å². The molecule has 2 N–H and O–H groups in total. The second kappa shape index (κ2) is 4.96. The van der Waals surface area contributed by atoms with Gasteiger partial charge in [-0.3, -0.25) is 0 Å². The molecule has 0 radical (unpaired) electrons. The van der Waals surface area contributed by atoms with Crippen LogP contribution in [0.4, 0.5) is 13.2 Å². The minimum absolute atomic E-state index is 0.0657. The molecular formula is C9H9BrF3NO. The highest BCUT2D eigenvalue weighted by Crippen LogP contribution is 2.28. The highest BCUT2D eigenvalue weighted by atomic mass is 79.9. The molecular weight excluding hydrogens is 275 g/mol. The SMILES string of the molecule is CNCC(O)c1c(F)c(F)cc(Br)c1F. The molecule has 0 aliphatic carbocycles. The zero-order valence-electron chi connectivity index (χ0n) is 7.82. The zero-order chi connectivity index (χ0) is 11.6. The van der Waals surface area contributed by atoms with Gasteiger partial charge in [-0.15, -0.1) is 0 Å². The fourth-order valence-corrected chi connectivity index (χ4v) is 1.59. The summed E-state index contributed by atoms with van der Waals surface area (Å²) in [5, 5.41) is 11.9. The van der Waals surface area contributed by atoms with E-state index in [9.17, 15) is 18.3 Å². The Hall–Kier alpha value is -0.590. The highest BCUT2D eigenvalue weighted by Gasteiger charge is 2.23. The Labute approximate surface area is 93.2 Å². The predicted molar refractivity (Wildman–Crippen MR) is 52.9 cm³/mol. The lowest BCUT2D eigenvalue weighted by Crippen LogP contribution is -2.19. The van der Waals surface area contributed by atoms with E-state index in [0.717, 1.165) is 0 Å². The van der Waals surface area contributed by atoms with Gasteiger partial charge in [-0.2, -0.15) is 0 Å². The number of rotatable bonds is 3. The summed E-state index contributed by atoms with van der Waals surface area (Å²) in [4.78, 5) is 0. The minimum Gasteiger partial charge on any atom is -0.387 e. The van der Waals surface area contributed by atoms with Gasteiger partial charge in [-0.05, 0) is 29.0 Å². The Morgan fingerprint density at radius 1 is 1.40 bits per heavy atom. The third kappa shape index (κ3) is 2.50. The monoisotopic (exact) mass is 283 g/mol. The van der Waals surface area contributed by atoms with Crippen LogP contribution in [0.3, 0.4) is 0 Å². The van der Waals surface area contributed by atoms with Crippen LogP contribution >= 0.6 is 15.9 Å². The molecule has 0 saturated carbocycles. The largest absolute Gasteiger partial charge is 0.387 e. The molecule has 0 aliphatic heterocycles. The molecule has 15 heavy (non-hydrogen) atoms. The van der Waals surface area contributed by atoms with E-state index in [1.165, 1.54) is 7.05 Å². The fraction of sp³-hybridized carbons (Fsp3) is 0.333. The smallest absolute Gasteiger partial charge is 0.167 e. The van der Waals surface area contributed by atoms with Crippen molar-refractivity contribution in [2.75, 3.05) is 13.6 Å². The summed E-state index contributed by atoms with van der Waals surface area (Å²) in [6, 6.07) is 0.681. The maximum absolute atomic E-state index is 13.4. The molecule has 0 bridgehead atoms. The second-order valence-electron chi connectivity index (χ2n) is 2.96. The van der Waals surface area contributed by atoms with Gasteiger partial charge in [0.05, 0.1) is 16.1 Å². The molecule has 0 amide bonds. The summed E-state index contributed by atoms with van der Waals surface area (Å²) in [7, 11) is 1.51. The summed E-state index contributed by atoms with van der Waals surface area (Å²) in [5.41, 5.74) is -0.670. The van der Waals surface area contributed by atoms with E-state index in [0.29, 0.717) is 6.07 Å². The molecule has 2 nitrogen and oxygen atoms in total. The van der Waals surface area contributed by atoms with Gasteiger partial charge in [0.2, 0.25) is 0 Å². The Balaban J connectivity index is 3.26. The van der Waals surface area contributed by atoms with Crippen molar-refractivity contribution in [3.05, 3.63) is 33.6 Å². The third-order valence-corrected chi connectivity index (χ3v) is 2.45. The number of likely N-dealkylation sites (N-methyl/N-ethyl adjacent to an activating group) is 1. The number of benzene rings is 1. The molecule has 0 aliphatic rings. The molecule has 0 heterocycles. The van der Waals surface area contributed by atoms with Gasteiger partial charge < -0.3 is 10.4 Å². The van der Waals surface area contributed by atoms with Crippen molar-refractivity contribution in [1.82, 2.24) is 5.32 Å². The molecule has 0 fully saturated rings. The van der Waals surface area contributed by atoms with E-state index in [1.54, 1.807) is 0 Å². The summed E-state index contributed by atoms with van der Waals surface area (Å²) < 4.78 is 39.3. The number of aliphatic hydroxyl groups excluding tert-OH is 1. The summed E-state index contributed by atoms with van der Waals surface area (Å²) in [6.45, 7) is -0.0657. The van der Waals surface area contributed by atoms with E-state index >= 15 is 0 Å². The lowest BCUT2D eigenvalue weighted by molar-refractivity contribution is 0.166. The number of hydrogen-bond acceptors (Lipinski definition) is 2. The zero-order valence-corrected chi connectivity index (χ0v) is 9.41. The summed E-state index contributed by atoms with van der Waals surface area (Å²) >= 11 is 2.74. The maximum Gasteiger partial charge on any atom is 0.167 e. The Morgan fingerprint density at radius 2 is 2.00 bits per heavy atom. The quantitative estimate of drug-likeness (QED) is 0.833. The van der Waals surface area contributed by atoms with Crippen LogP contribution in [-0.2, 0) is 0 Å². The van der Waals surface area contributed by atoms with Gasteiger partial charge in [-0.25, -0.2) is 13.2 Å². The van der Waals surface area contributed by atoms with Crippen LogP contribution in [0, 0.1) is 17.5 Å². The van der Waals surface area contributed by atoms with E-state index in [1.807, 2.05) is 0 Å². The second-order valence-corrected chi connectivity index (χ2v) is 3.81. The average Bonchev–Trinajstić information content (AvgIpc) is 2.16. The first-order chi connectivity index (χ1) is 6.99.